The second kappa shape index (κ2) is 5.24. The van der Waals surface area contributed by atoms with E-state index in [9.17, 15) is 4.39 Å². The molecule has 2 N–H and O–H groups in total. The summed E-state index contributed by atoms with van der Waals surface area (Å²) < 4.78 is 13.3. The molecule has 2 rings (SSSR count). The highest BCUT2D eigenvalue weighted by atomic mass is 19.1. The van der Waals surface area contributed by atoms with Gasteiger partial charge in [0.15, 0.2) is 0 Å². The van der Waals surface area contributed by atoms with Crippen LogP contribution in [0.5, 0.6) is 0 Å². The average Bonchev–Trinajstić information content (AvgIpc) is 2.31. The predicted octanol–water partition coefficient (Wildman–Crippen LogP) is 1.76. The standard InChI is InChI=1S/C14H21FN2O/c1-14(2)10-17(13(6-7-18)9-16-14)12-5-3-4-11(15)8-12/h3-5,8,13,16,18H,6-7,9-10H2,1-2H3. The van der Waals surface area contributed by atoms with Crippen molar-refractivity contribution in [3.05, 3.63) is 30.1 Å². The quantitative estimate of drug-likeness (QED) is 0.860. The van der Waals surface area contributed by atoms with Gasteiger partial charge in [-0.3, -0.25) is 0 Å². The van der Waals surface area contributed by atoms with Gasteiger partial charge in [-0.1, -0.05) is 6.07 Å². The van der Waals surface area contributed by atoms with Crippen LogP contribution in [-0.4, -0.2) is 36.4 Å². The molecule has 0 aliphatic carbocycles. The molecule has 1 atom stereocenters. The second-order valence-corrected chi connectivity index (χ2v) is 5.54. The molecular weight excluding hydrogens is 231 g/mol. The molecule has 1 aliphatic heterocycles. The number of rotatable bonds is 3. The first-order valence-electron chi connectivity index (χ1n) is 6.40. The first-order chi connectivity index (χ1) is 8.52. The van der Waals surface area contributed by atoms with Crippen molar-refractivity contribution < 1.29 is 9.50 Å². The topological polar surface area (TPSA) is 35.5 Å². The Bertz CT molecular complexity index is 409. The second-order valence-electron chi connectivity index (χ2n) is 5.54. The van der Waals surface area contributed by atoms with Gasteiger partial charge in [0.05, 0.1) is 0 Å². The molecule has 0 radical (unpaired) electrons. The number of aliphatic hydroxyl groups is 1. The van der Waals surface area contributed by atoms with E-state index in [2.05, 4.69) is 24.1 Å². The zero-order valence-electron chi connectivity index (χ0n) is 11.0. The monoisotopic (exact) mass is 252 g/mol. The lowest BCUT2D eigenvalue weighted by Crippen LogP contribution is -2.62. The van der Waals surface area contributed by atoms with E-state index in [1.165, 1.54) is 6.07 Å². The van der Waals surface area contributed by atoms with Crippen LogP contribution in [0.2, 0.25) is 0 Å². The maximum atomic E-state index is 13.3. The summed E-state index contributed by atoms with van der Waals surface area (Å²) in [6.07, 6.45) is 0.694. The van der Waals surface area contributed by atoms with Gasteiger partial charge in [-0.2, -0.15) is 0 Å². The number of halogens is 1. The molecule has 1 heterocycles. The Hall–Kier alpha value is -1.13. The van der Waals surface area contributed by atoms with Gasteiger partial charge in [-0.05, 0) is 38.5 Å². The Labute approximate surface area is 108 Å². The van der Waals surface area contributed by atoms with Crippen LogP contribution in [0.1, 0.15) is 20.3 Å². The molecule has 0 saturated carbocycles. The maximum absolute atomic E-state index is 13.3. The number of anilines is 1. The van der Waals surface area contributed by atoms with E-state index in [-0.39, 0.29) is 24.0 Å². The number of nitrogens with zero attached hydrogens (tertiary/aromatic N) is 1. The van der Waals surface area contributed by atoms with Gasteiger partial charge in [0.1, 0.15) is 5.82 Å². The van der Waals surface area contributed by atoms with Crippen molar-refractivity contribution in [2.24, 2.45) is 0 Å². The smallest absolute Gasteiger partial charge is 0.125 e. The van der Waals surface area contributed by atoms with Crippen molar-refractivity contribution in [3.8, 4) is 0 Å². The van der Waals surface area contributed by atoms with Crippen molar-refractivity contribution in [1.82, 2.24) is 5.32 Å². The molecule has 0 bridgehead atoms. The Balaban J connectivity index is 2.24. The molecule has 3 nitrogen and oxygen atoms in total. The fourth-order valence-electron chi connectivity index (χ4n) is 2.48. The lowest BCUT2D eigenvalue weighted by molar-refractivity contribution is 0.241. The van der Waals surface area contributed by atoms with Crippen molar-refractivity contribution in [1.29, 1.82) is 0 Å². The molecule has 0 spiro atoms. The molecule has 1 aromatic carbocycles. The number of nitrogens with one attached hydrogen (secondary N) is 1. The van der Waals surface area contributed by atoms with Crippen LogP contribution in [-0.2, 0) is 0 Å². The first kappa shape index (κ1) is 13.3. The minimum Gasteiger partial charge on any atom is -0.396 e. The minimum absolute atomic E-state index is 0.00171. The summed E-state index contributed by atoms with van der Waals surface area (Å²) in [5, 5.41) is 12.6. The summed E-state index contributed by atoms with van der Waals surface area (Å²) in [5.74, 6) is -0.216. The Morgan fingerprint density at radius 1 is 1.50 bits per heavy atom. The van der Waals surface area contributed by atoms with E-state index in [0.717, 1.165) is 18.8 Å². The molecule has 100 valence electrons. The van der Waals surface area contributed by atoms with E-state index in [0.29, 0.717) is 6.42 Å². The average molecular weight is 252 g/mol. The number of aliphatic hydroxyl groups excluding tert-OH is 1. The fourth-order valence-corrected chi connectivity index (χ4v) is 2.48. The molecular formula is C14H21FN2O. The van der Waals surface area contributed by atoms with Crippen LogP contribution in [0.4, 0.5) is 10.1 Å². The normalized spacial score (nSPS) is 23.1. The van der Waals surface area contributed by atoms with Crippen molar-refractivity contribution in [2.75, 3.05) is 24.6 Å². The summed E-state index contributed by atoms with van der Waals surface area (Å²) in [5.41, 5.74) is 0.890. The predicted molar refractivity (Wildman–Crippen MR) is 71.3 cm³/mol. The van der Waals surface area contributed by atoms with E-state index in [1.807, 2.05) is 6.07 Å². The summed E-state index contributed by atoms with van der Waals surface area (Å²) >= 11 is 0. The first-order valence-corrected chi connectivity index (χ1v) is 6.40. The zero-order valence-corrected chi connectivity index (χ0v) is 11.0. The number of benzene rings is 1. The molecule has 1 unspecified atom stereocenters. The van der Waals surface area contributed by atoms with Crippen LogP contribution in [0.3, 0.4) is 0 Å². The fraction of sp³-hybridized carbons (Fsp3) is 0.571. The van der Waals surface area contributed by atoms with E-state index >= 15 is 0 Å². The highest BCUT2D eigenvalue weighted by Crippen LogP contribution is 2.25. The highest BCUT2D eigenvalue weighted by molar-refractivity contribution is 5.48. The van der Waals surface area contributed by atoms with E-state index < -0.39 is 0 Å². The van der Waals surface area contributed by atoms with Gasteiger partial charge >= 0.3 is 0 Å². The number of hydrogen-bond acceptors (Lipinski definition) is 3. The third-order valence-corrected chi connectivity index (χ3v) is 3.42. The number of piperazine rings is 1. The van der Waals surface area contributed by atoms with Crippen molar-refractivity contribution >= 4 is 5.69 Å². The Kier molecular flexibility index (Phi) is 3.88. The van der Waals surface area contributed by atoms with Crippen molar-refractivity contribution in [3.63, 3.8) is 0 Å². The van der Waals surface area contributed by atoms with Crippen LogP contribution >= 0.6 is 0 Å². The summed E-state index contributed by atoms with van der Waals surface area (Å²) in [6, 6.07) is 6.89. The van der Waals surface area contributed by atoms with E-state index in [1.54, 1.807) is 12.1 Å². The number of hydrogen-bond donors (Lipinski definition) is 2. The SMILES string of the molecule is CC1(C)CN(c2cccc(F)c2)C(CCO)CN1. The molecule has 1 fully saturated rings. The van der Waals surface area contributed by atoms with Crippen LogP contribution in [0.25, 0.3) is 0 Å². The van der Waals surface area contributed by atoms with Gasteiger partial charge in [-0.15, -0.1) is 0 Å². The summed E-state index contributed by atoms with van der Waals surface area (Å²) in [4.78, 5) is 2.19. The van der Waals surface area contributed by atoms with Crippen molar-refractivity contribution in [2.45, 2.75) is 31.8 Å². The molecule has 0 aromatic heterocycles. The lowest BCUT2D eigenvalue weighted by Gasteiger charge is -2.46. The Morgan fingerprint density at radius 3 is 2.94 bits per heavy atom. The molecule has 4 heteroatoms. The lowest BCUT2D eigenvalue weighted by atomic mass is 9.96. The van der Waals surface area contributed by atoms with Gasteiger partial charge in [-0.25, -0.2) is 4.39 Å². The summed E-state index contributed by atoms with van der Waals surface area (Å²) in [6.45, 7) is 6.03. The van der Waals surface area contributed by atoms with Crippen LogP contribution < -0.4 is 10.2 Å². The molecule has 18 heavy (non-hydrogen) atoms. The zero-order chi connectivity index (χ0) is 13.2. The van der Waals surface area contributed by atoms with E-state index in [4.69, 9.17) is 5.11 Å². The van der Waals surface area contributed by atoms with Gasteiger partial charge < -0.3 is 15.3 Å². The Morgan fingerprint density at radius 2 is 2.28 bits per heavy atom. The molecule has 1 aromatic rings. The molecule has 1 aliphatic rings. The van der Waals surface area contributed by atoms with Gasteiger partial charge in [0.25, 0.3) is 0 Å². The third-order valence-electron chi connectivity index (χ3n) is 3.42. The largest absolute Gasteiger partial charge is 0.396 e. The summed E-state index contributed by atoms with van der Waals surface area (Å²) in [7, 11) is 0. The van der Waals surface area contributed by atoms with Crippen LogP contribution in [0.15, 0.2) is 24.3 Å². The van der Waals surface area contributed by atoms with Crippen LogP contribution in [0, 0.1) is 5.82 Å². The maximum Gasteiger partial charge on any atom is 0.125 e. The van der Waals surface area contributed by atoms with Gasteiger partial charge in [0.2, 0.25) is 0 Å². The minimum atomic E-state index is -0.216. The molecule has 1 saturated heterocycles. The third kappa shape index (κ3) is 3.00. The molecule has 0 amide bonds. The van der Waals surface area contributed by atoms with Gasteiger partial charge in [0, 0.05) is 37.0 Å². The highest BCUT2D eigenvalue weighted by Gasteiger charge is 2.32.